The number of pyridine rings is 1. The van der Waals surface area contributed by atoms with Crippen LogP contribution in [0.3, 0.4) is 0 Å². The molecule has 10 nitrogen and oxygen atoms in total. The number of carbonyl (C=O) groups excluding carboxylic acids is 1. The van der Waals surface area contributed by atoms with Gasteiger partial charge in [-0.25, -0.2) is 9.59 Å². The van der Waals surface area contributed by atoms with Crippen LogP contribution in [0, 0.1) is 11.8 Å². The molecule has 60 heavy (non-hydrogen) atoms. The van der Waals surface area contributed by atoms with Gasteiger partial charge in [-0.1, -0.05) is 67.9 Å². The molecule has 4 atom stereocenters. The lowest BCUT2D eigenvalue weighted by Crippen LogP contribution is -2.53. The lowest BCUT2D eigenvalue weighted by Gasteiger charge is -2.47. The van der Waals surface area contributed by atoms with E-state index in [1.165, 1.54) is 23.6 Å². The summed E-state index contributed by atoms with van der Waals surface area (Å²) in [5.41, 5.74) is 3.56. The van der Waals surface area contributed by atoms with Crippen molar-refractivity contribution in [1.82, 2.24) is 10.3 Å². The van der Waals surface area contributed by atoms with Gasteiger partial charge in [-0.15, -0.1) is 0 Å². The van der Waals surface area contributed by atoms with Crippen LogP contribution in [0.4, 0.5) is 5.69 Å². The fourth-order valence-electron chi connectivity index (χ4n) is 10.1. The minimum atomic E-state index is -1.44. The van der Waals surface area contributed by atoms with Crippen molar-refractivity contribution in [1.29, 1.82) is 0 Å². The minimum absolute atomic E-state index is 0.118. The van der Waals surface area contributed by atoms with Crippen molar-refractivity contribution < 1.29 is 34.1 Å². The Morgan fingerprint density at radius 3 is 2.50 bits per heavy atom. The Bertz CT molecular complexity index is 2170. The number of carbonyl (C=O) groups is 3. The van der Waals surface area contributed by atoms with Gasteiger partial charge in [0.2, 0.25) is 5.91 Å². The summed E-state index contributed by atoms with van der Waals surface area (Å²) in [6, 6.07) is 24.8. The highest BCUT2D eigenvalue weighted by Gasteiger charge is 2.54. The molecule has 1 aromatic heterocycles. The van der Waals surface area contributed by atoms with E-state index in [1.807, 2.05) is 60.8 Å². The Balaban J connectivity index is 1.05. The van der Waals surface area contributed by atoms with Crippen LogP contribution in [0.2, 0.25) is 5.02 Å². The number of halogens is 1. The third-order valence-electron chi connectivity index (χ3n) is 13.4. The Morgan fingerprint density at radius 2 is 1.77 bits per heavy atom. The zero-order valence-corrected chi connectivity index (χ0v) is 35.7. The molecule has 0 radical (unpaired) electrons. The maximum Gasteiger partial charge on any atom is 0.329 e. The summed E-state index contributed by atoms with van der Waals surface area (Å²) in [7, 11) is 0. The van der Waals surface area contributed by atoms with E-state index in [9.17, 15) is 24.6 Å². The summed E-state index contributed by atoms with van der Waals surface area (Å²) in [4.78, 5) is 42.9. The van der Waals surface area contributed by atoms with Crippen LogP contribution >= 0.6 is 11.6 Å². The van der Waals surface area contributed by atoms with Crippen LogP contribution in [0.25, 0.3) is 0 Å². The van der Waals surface area contributed by atoms with Gasteiger partial charge in [0.1, 0.15) is 22.6 Å². The zero-order chi connectivity index (χ0) is 42.5. The van der Waals surface area contributed by atoms with Crippen molar-refractivity contribution in [2.75, 3.05) is 18.5 Å². The molecule has 1 fully saturated rings. The highest BCUT2D eigenvalue weighted by Crippen LogP contribution is 2.57. The number of ether oxygens (including phenoxy) is 2. The number of nitrogens with zero attached hydrogens (tertiary/aromatic N) is 1. The lowest BCUT2D eigenvalue weighted by atomic mass is 9.59. The Hall–Kier alpha value is -5.09. The summed E-state index contributed by atoms with van der Waals surface area (Å²) in [5, 5.41) is 27.3. The molecule has 1 unspecified atom stereocenters. The van der Waals surface area contributed by atoms with Crippen LogP contribution in [-0.4, -0.2) is 57.3 Å². The van der Waals surface area contributed by atoms with E-state index >= 15 is 0 Å². The van der Waals surface area contributed by atoms with Crippen molar-refractivity contribution in [3.8, 4) is 11.5 Å². The lowest BCUT2D eigenvalue weighted by molar-refractivity contribution is -0.147. The highest BCUT2D eigenvalue weighted by atomic mass is 35.5. The molecule has 11 heteroatoms. The van der Waals surface area contributed by atoms with E-state index in [-0.39, 0.29) is 42.6 Å². The topological polar surface area (TPSA) is 147 Å². The van der Waals surface area contributed by atoms with Crippen molar-refractivity contribution in [2.24, 2.45) is 11.8 Å². The van der Waals surface area contributed by atoms with E-state index in [0.717, 1.165) is 49.1 Å². The quantitative estimate of drug-likeness (QED) is 0.0764. The molecule has 0 bridgehead atoms. The number of carboxylic acid groups (broad SMARTS) is 2. The van der Waals surface area contributed by atoms with Crippen LogP contribution in [0.1, 0.15) is 112 Å². The maximum atomic E-state index is 13.1. The van der Waals surface area contributed by atoms with Crippen LogP contribution in [0.5, 0.6) is 11.5 Å². The summed E-state index contributed by atoms with van der Waals surface area (Å²) < 4.78 is 12.9. The first-order chi connectivity index (χ1) is 28.8. The third-order valence-corrected chi connectivity index (χ3v) is 13.6. The summed E-state index contributed by atoms with van der Waals surface area (Å²) in [5.74, 6) is 0.286. The third kappa shape index (κ3) is 9.44. The van der Waals surface area contributed by atoms with Gasteiger partial charge in [-0.3, -0.25) is 9.78 Å². The molecule has 1 amide bonds. The predicted octanol–water partition coefficient (Wildman–Crippen LogP) is 9.56. The van der Waals surface area contributed by atoms with E-state index in [1.54, 1.807) is 12.1 Å². The number of aliphatic carboxylic acids is 2. The molecule has 1 spiro atoms. The second-order valence-corrected chi connectivity index (χ2v) is 18.2. The van der Waals surface area contributed by atoms with Gasteiger partial charge in [0.05, 0.1) is 13.2 Å². The molecule has 3 aromatic carbocycles. The van der Waals surface area contributed by atoms with E-state index < -0.39 is 23.0 Å². The van der Waals surface area contributed by atoms with Crippen molar-refractivity contribution in [3.63, 3.8) is 0 Å². The van der Waals surface area contributed by atoms with Crippen LogP contribution < -0.4 is 20.1 Å². The van der Waals surface area contributed by atoms with Crippen LogP contribution in [0.15, 0.2) is 85.1 Å². The number of benzene rings is 3. The van der Waals surface area contributed by atoms with Crippen molar-refractivity contribution in [2.45, 2.75) is 120 Å². The van der Waals surface area contributed by atoms with Crippen molar-refractivity contribution in [3.05, 3.63) is 118 Å². The second-order valence-electron chi connectivity index (χ2n) is 17.8. The second kappa shape index (κ2) is 18.3. The number of amides is 1. The molecule has 4 aromatic rings. The minimum Gasteiger partial charge on any atom is -0.494 e. The highest BCUT2D eigenvalue weighted by molar-refractivity contribution is 6.30. The smallest absolute Gasteiger partial charge is 0.329 e. The molecule has 318 valence electrons. The number of hydrogen-bond acceptors (Lipinski definition) is 7. The van der Waals surface area contributed by atoms with Gasteiger partial charge in [-0.2, -0.15) is 0 Å². The Kier molecular flexibility index (Phi) is 13.1. The molecule has 3 aliphatic carbocycles. The molecule has 1 saturated carbocycles. The number of anilines is 1. The maximum absolute atomic E-state index is 13.1. The SMILES string of the molecule is C[C@@H](COc1ccnc2c1[C@H](C)CCC2)C[C@H]1Cc2ccc(OCCCC(=O)NC(C)(Cc3ccccc3)C(=O)O)cc2C12CCC(Nc1cccc(Cl)c1)(C(=O)O)CC2. The number of aryl methyl sites for hydroxylation is 1. The number of fused-ring (bicyclic) bond motifs is 3. The number of aromatic nitrogens is 1. The van der Waals surface area contributed by atoms with Gasteiger partial charge in [-0.05, 0) is 147 Å². The molecular formula is C49H58ClN3O7. The fourth-order valence-corrected chi connectivity index (χ4v) is 10.3. The molecule has 0 saturated heterocycles. The molecule has 3 aliphatic rings. The Morgan fingerprint density at radius 1 is 0.983 bits per heavy atom. The average molecular weight is 836 g/mol. The van der Waals surface area contributed by atoms with Gasteiger partial charge >= 0.3 is 11.9 Å². The molecule has 4 N–H and O–H groups in total. The number of nitrogens with one attached hydrogen (secondary N) is 2. The van der Waals surface area contributed by atoms with Gasteiger partial charge in [0, 0.05) is 41.0 Å². The molecule has 0 aliphatic heterocycles. The monoisotopic (exact) mass is 835 g/mol. The first-order valence-electron chi connectivity index (χ1n) is 21.5. The predicted molar refractivity (Wildman–Crippen MR) is 233 cm³/mol. The van der Waals surface area contributed by atoms with E-state index in [0.29, 0.717) is 61.1 Å². The first kappa shape index (κ1) is 43.0. The van der Waals surface area contributed by atoms with Gasteiger partial charge in [0.15, 0.2) is 0 Å². The summed E-state index contributed by atoms with van der Waals surface area (Å²) in [6.07, 6.45) is 9.89. The largest absolute Gasteiger partial charge is 0.494 e. The average Bonchev–Trinajstić information content (AvgIpc) is 3.50. The molecule has 1 heterocycles. The van der Waals surface area contributed by atoms with E-state index in [2.05, 4.69) is 41.6 Å². The van der Waals surface area contributed by atoms with Crippen LogP contribution in [-0.2, 0) is 39.1 Å². The van der Waals surface area contributed by atoms with E-state index in [4.69, 9.17) is 21.1 Å². The molecule has 7 rings (SSSR count). The number of rotatable bonds is 17. The first-order valence-corrected chi connectivity index (χ1v) is 21.9. The van der Waals surface area contributed by atoms with Gasteiger partial charge in [0.25, 0.3) is 0 Å². The standard InChI is InChI=1S/C49H58ClN3O7/c1-32(31-60-42-19-24-51-41-15-7-10-33(2)44(41)42)26-36-27-35-17-18-39(59-25-9-16-43(54)53-47(3,45(55)56)30-34-11-5-4-6-12-34)29-40(35)48(36)20-22-49(23-21-48,46(57)58)52-38-14-8-13-37(50)28-38/h4-6,8,11-14,17-19,24,28-29,32-33,36,52H,7,9-10,15-16,20-23,25-27,30-31H2,1-3H3,(H,53,54)(H,55,56)(H,57,58)/t32-,33-,36+,47?,48?,49?/m1/s1. The number of carboxylic acids is 2. The van der Waals surface area contributed by atoms with Gasteiger partial charge < -0.3 is 30.3 Å². The van der Waals surface area contributed by atoms with Crippen molar-refractivity contribution >= 4 is 35.1 Å². The zero-order valence-electron chi connectivity index (χ0n) is 35.0. The Labute approximate surface area is 358 Å². The summed E-state index contributed by atoms with van der Waals surface area (Å²) >= 11 is 6.30. The normalized spacial score (nSPS) is 23.4. The molecular weight excluding hydrogens is 778 g/mol. The fraction of sp³-hybridized carbons (Fsp3) is 0.469. The summed E-state index contributed by atoms with van der Waals surface area (Å²) in [6.45, 7) is 6.91. The number of hydrogen-bond donors (Lipinski definition) is 4.